The summed E-state index contributed by atoms with van der Waals surface area (Å²) in [5, 5.41) is 9.14. The minimum absolute atomic E-state index is 0.0712. The van der Waals surface area contributed by atoms with Gasteiger partial charge in [0.25, 0.3) is 0 Å². The van der Waals surface area contributed by atoms with Crippen LogP contribution in [0.1, 0.15) is 36.8 Å². The molecule has 1 N–H and O–H groups in total. The lowest BCUT2D eigenvalue weighted by Gasteiger charge is -2.35. The quantitative estimate of drug-likeness (QED) is 0.904. The molecule has 4 atom stereocenters. The fourth-order valence-electron chi connectivity index (χ4n) is 3.73. The summed E-state index contributed by atoms with van der Waals surface area (Å²) < 4.78 is 38.5. The zero-order chi connectivity index (χ0) is 18.4. The minimum atomic E-state index is -4.39. The SMILES string of the molecule is CC1CN(C(=O)C2CC2c2cccc(C(F)(F)F)c2)CCC1C(=O)O. The van der Waals surface area contributed by atoms with Crippen LogP contribution in [0.5, 0.6) is 0 Å². The Hall–Kier alpha value is -2.05. The van der Waals surface area contributed by atoms with Gasteiger partial charge in [-0.25, -0.2) is 0 Å². The molecular formula is C18H20F3NO3. The topological polar surface area (TPSA) is 57.6 Å². The van der Waals surface area contributed by atoms with Crippen molar-refractivity contribution in [2.45, 2.75) is 31.9 Å². The molecule has 4 nitrogen and oxygen atoms in total. The van der Waals surface area contributed by atoms with Crippen molar-refractivity contribution in [3.63, 3.8) is 0 Å². The van der Waals surface area contributed by atoms with E-state index in [0.29, 0.717) is 31.5 Å². The number of piperidine rings is 1. The van der Waals surface area contributed by atoms with E-state index in [1.807, 2.05) is 6.92 Å². The Bertz CT molecular complexity index is 688. The average Bonchev–Trinajstić information content (AvgIpc) is 3.33. The highest BCUT2D eigenvalue weighted by Crippen LogP contribution is 2.49. The second kappa shape index (κ2) is 6.35. The molecule has 1 amide bonds. The summed E-state index contributed by atoms with van der Waals surface area (Å²) in [6.07, 6.45) is -3.42. The number of hydrogen-bond acceptors (Lipinski definition) is 2. The van der Waals surface area contributed by atoms with E-state index >= 15 is 0 Å². The van der Waals surface area contributed by atoms with E-state index < -0.39 is 23.6 Å². The lowest BCUT2D eigenvalue weighted by Crippen LogP contribution is -2.45. The van der Waals surface area contributed by atoms with Gasteiger partial charge in [0.1, 0.15) is 0 Å². The van der Waals surface area contributed by atoms with Crippen LogP contribution < -0.4 is 0 Å². The van der Waals surface area contributed by atoms with Gasteiger partial charge in [0.15, 0.2) is 0 Å². The molecule has 1 aromatic carbocycles. The Morgan fingerprint density at radius 3 is 2.56 bits per heavy atom. The average molecular weight is 355 g/mol. The Kier molecular flexibility index (Phi) is 4.51. The first-order chi connectivity index (χ1) is 11.7. The molecule has 25 heavy (non-hydrogen) atoms. The molecule has 1 heterocycles. The van der Waals surface area contributed by atoms with Crippen LogP contribution in [-0.4, -0.2) is 35.0 Å². The van der Waals surface area contributed by atoms with Crippen molar-refractivity contribution in [1.82, 2.24) is 4.90 Å². The number of rotatable bonds is 3. The van der Waals surface area contributed by atoms with Crippen LogP contribution in [0.2, 0.25) is 0 Å². The molecule has 1 aliphatic carbocycles. The molecule has 4 unspecified atom stereocenters. The second-order valence-electron chi connectivity index (χ2n) is 7.07. The molecule has 136 valence electrons. The van der Waals surface area contributed by atoms with E-state index in [0.717, 1.165) is 12.1 Å². The maximum Gasteiger partial charge on any atom is 0.416 e. The summed E-state index contributed by atoms with van der Waals surface area (Å²) in [6.45, 7) is 2.60. The summed E-state index contributed by atoms with van der Waals surface area (Å²) in [5.74, 6) is -1.95. The highest BCUT2D eigenvalue weighted by Gasteiger charge is 2.47. The van der Waals surface area contributed by atoms with E-state index in [-0.39, 0.29) is 23.7 Å². The first-order valence-corrected chi connectivity index (χ1v) is 8.37. The van der Waals surface area contributed by atoms with Crippen molar-refractivity contribution >= 4 is 11.9 Å². The highest BCUT2D eigenvalue weighted by atomic mass is 19.4. The number of nitrogens with zero attached hydrogens (tertiary/aromatic N) is 1. The number of halogens is 3. The Balaban J connectivity index is 1.64. The van der Waals surface area contributed by atoms with Crippen LogP contribution in [0.15, 0.2) is 24.3 Å². The summed E-state index contributed by atoms with van der Waals surface area (Å²) in [7, 11) is 0. The fraction of sp³-hybridized carbons (Fsp3) is 0.556. The van der Waals surface area contributed by atoms with Crippen LogP contribution in [0.4, 0.5) is 13.2 Å². The molecule has 0 spiro atoms. The molecule has 1 saturated carbocycles. The summed E-state index contributed by atoms with van der Waals surface area (Å²) in [4.78, 5) is 25.4. The first-order valence-electron chi connectivity index (χ1n) is 8.37. The Morgan fingerprint density at radius 2 is 1.96 bits per heavy atom. The van der Waals surface area contributed by atoms with E-state index in [1.165, 1.54) is 6.07 Å². The van der Waals surface area contributed by atoms with Crippen LogP contribution in [-0.2, 0) is 15.8 Å². The summed E-state index contributed by atoms with van der Waals surface area (Å²) in [6, 6.07) is 5.16. The van der Waals surface area contributed by atoms with Gasteiger partial charge in [-0.2, -0.15) is 13.2 Å². The van der Waals surface area contributed by atoms with Crippen LogP contribution in [0.25, 0.3) is 0 Å². The third-order valence-electron chi connectivity index (χ3n) is 5.28. The van der Waals surface area contributed by atoms with Gasteiger partial charge in [0.2, 0.25) is 5.91 Å². The molecule has 3 rings (SSSR count). The number of benzene rings is 1. The zero-order valence-corrected chi connectivity index (χ0v) is 13.8. The number of carboxylic acids is 1. The van der Waals surface area contributed by atoms with Crippen molar-refractivity contribution in [2.75, 3.05) is 13.1 Å². The number of carbonyl (C=O) groups is 2. The van der Waals surface area contributed by atoms with Crippen molar-refractivity contribution < 1.29 is 27.9 Å². The predicted molar refractivity (Wildman–Crippen MR) is 83.8 cm³/mol. The second-order valence-corrected chi connectivity index (χ2v) is 7.07. The predicted octanol–water partition coefficient (Wildman–Crippen LogP) is 3.38. The standard InChI is InChI=1S/C18H20F3NO3/c1-10-9-22(6-5-13(10)17(24)25)16(23)15-8-14(15)11-3-2-4-12(7-11)18(19,20)21/h2-4,7,10,13-15H,5-6,8-9H2,1H3,(H,24,25). The smallest absolute Gasteiger partial charge is 0.416 e. The van der Waals surface area contributed by atoms with E-state index in [2.05, 4.69) is 0 Å². The molecule has 0 bridgehead atoms. The third-order valence-corrected chi connectivity index (χ3v) is 5.28. The van der Waals surface area contributed by atoms with Gasteiger partial charge in [0.05, 0.1) is 11.5 Å². The molecule has 0 aromatic heterocycles. The number of aliphatic carboxylic acids is 1. The number of likely N-dealkylation sites (tertiary alicyclic amines) is 1. The highest BCUT2D eigenvalue weighted by molar-refractivity contribution is 5.83. The monoisotopic (exact) mass is 355 g/mol. The lowest BCUT2D eigenvalue weighted by atomic mass is 9.87. The molecular weight excluding hydrogens is 335 g/mol. The number of amides is 1. The minimum Gasteiger partial charge on any atom is -0.481 e. The molecule has 2 fully saturated rings. The molecule has 2 aliphatic rings. The lowest BCUT2D eigenvalue weighted by molar-refractivity contribution is -0.148. The fourth-order valence-corrected chi connectivity index (χ4v) is 3.73. The van der Waals surface area contributed by atoms with Gasteiger partial charge in [-0.05, 0) is 36.3 Å². The van der Waals surface area contributed by atoms with Crippen molar-refractivity contribution in [2.24, 2.45) is 17.8 Å². The van der Waals surface area contributed by atoms with Crippen molar-refractivity contribution in [3.05, 3.63) is 35.4 Å². The zero-order valence-electron chi connectivity index (χ0n) is 13.8. The number of carbonyl (C=O) groups excluding carboxylic acids is 1. The van der Waals surface area contributed by atoms with Gasteiger partial charge in [-0.15, -0.1) is 0 Å². The summed E-state index contributed by atoms with van der Waals surface area (Å²) in [5.41, 5.74) is -0.152. The van der Waals surface area contributed by atoms with Crippen LogP contribution in [0.3, 0.4) is 0 Å². The number of alkyl halides is 3. The molecule has 0 radical (unpaired) electrons. The molecule has 1 saturated heterocycles. The Labute approximate surface area is 143 Å². The molecule has 1 aliphatic heterocycles. The molecule has 1 aromatic rings. The van der Waals surface area contributed by atoms with Crippen molar-refractivity contribution in [3.8, 4) is 0 Å². The number of carboxylic acid groups (broad SMARTS) is 1. The van der Waals surface area contributed by atoms with E-state index in [9.17, 15) is 22.8 Å². The first kappa shape index (κ1) is 17.8. The molecule has 7 heteroatoms. The van der Waals surface area contributed by atoms with Gasteiger partial charge in [-0.3, -0.25) is 9.59 Å². The van der Waals surface area contributed by atoms with E-state index in [4.69, 9.17) is 5.11 Å². The van der Waals surface area contributed by atoms with E-state index in [1.54, 1.807) is 11.0 Å². The van der Waals surface area contributed by atoms with Gasteiger partial charge in [-0.1, -0.05) is 25.1 Å². The normalized spacial score (nSPS) is 29.4. The summed E-state index contributed by atoms with van der Waals surface area (Å²) >= 11 is 0. The van der Waals surface area contributed by atoms with Crippen LogP contribution in [0, 0.1) is 17.8 Å². The van der Waals surface area contributed by atoms with Gasteiger partial charge in [0, 0.05) is 19.0 Å². The van der Waals surface area contributed by atoms with Crippen LogP contribution >= 0.6 is 0 Å². The maximum atomic E-state index is 12.8. The number of hydrogen-bond donors (Lipinski definition) is 1. The van der Waals surface area contributed by atoms with Gasteiger partial charge < -0.3 is 10.0 Å². The largest absolute Gasteiger partial charge is 0.481 e. The Morgan fingerprint density at radius 1 is 1.24 bits per heavy atom. The van der Waals surface area contributed by atoms with Gasteiger partial charge >= 0.3 is 12.1 Å². The van der Waals surface area contributed by atoms with Crippen molar-refractivity contribution in [1.29, 1.82) is 0 Å². The maximum absolute atomic E-state index is 12.8. The third kappa shape index (κ3) is 3.65.